The van der Waals surface area contributed by atoms with Crippen LogP contribution in [0.15, 0.2) is 0 Å². The van der Waals surface area contributed by atoms with E-state index in [9.17, 15) is 0 Å². The molecule has 0 unspecified atom stereocenters. The number of unbranched alkanes of at least 4 members (excludes halogenated alkanes) is 2. The van der Waals surface area contributed by atoms with Gasteiger partial charge >= 0.3 is 68.4 Å². The molecule has 0 rings (SSSR count). The molecule has 0 nitrogen and oxygen atoms in total. The van der Waals surface area contributed by atoms with E-state index in [4.69, 9.17) is 0 Å². The van der Waals surface area contributed by atoms with E-state index in [1.54, 1.807) is 0 Å². The Morgan fingerprint density at radius 2 is 1.86 bits per heavy atom. The first-order chi connectivity index (χ1) is 2.91. The molecule has 0 heterocycles. The molecule has 0 aromatic rings. The molecule has 0 N–H and O–H groups in total. The van der Waals surface area contributed by atoms with Gasteiger partial charge in [0.1, 0.15) is 0 Å². The molecule has 0 amide bonds. The minimum absolute atomic E-state index is 0. The summed E-state index contributed by atoms with van der Waals surface area (Å²) >= 11 is 1.49. The van der Waals surface area contributed by atoms with Gasteiger partial charge in [-0.3, -0.25) is 0 Å². The molecule has 0 aromatic carbocycles. The summed E-state index contributed by atoms with van der Waals surface area (Å²) in [4.78, 5) is 0. The van der Waals surface area contributed by atoms with Crippen LogP contribution in [0.1, 0.15) is 26.2 Å². The van der Waals surface area contributed by atoms with Crippen LogP contribution in [0.5, 0.6) is 0 Å². The second kappa shape index (κ2) is 10.3. The van der Waals surface area contributed by atoms with Crippen LogP contribution in [0.3, 0.4) is 0 Å². The van der Waals surface area contributed by atoms with Crippen molar-refractivity contribution in [2.75, 3.05) is 0 Å². The van der Waals surface area contributed by atoms with Gasteiger partial charge in [0.05, 0.1) is 0 Å². The van der Waals surface area contributed by atoms with Crippen molar-refractivity contribution in [3.63, 3.8) is 0 Å². The van der Waals surface area contributed by atoms with Crippen LogP contribution >= 0.6 is 0 Å². The van der Waals surface area contributed by atoms with E-state index in [1.165, 1.54) is 42.6 Å². The van der Waals surface area contributed by atoms with Crippen molar-refractivity contribution >= 4 is 18.9 Å². The molecule has 0 saturated heterocycles. The minimum atomic E-state index is 0. The fourth-order valence-electron chi connectivity index (χ4n) is 0.427. The molecule has 0 bridgehead atoms. The third kappa shape index (κ3) is 11.0. The first-order valence-corrected chi connectivity index (χ1v) is 4.81. The van der Waals surface area contributed by atoms with E-state index in [2.05, 4.69) is 6.92 Å². The van der Waals surface area contributed by atoms with Crippen molar-refractivity contribution in [1.82, 2.24) is 0 Å². The van der Waals surface area contributed by atoms with Crippen molar-refractivity contribution in [3.05, 3.63) is 0 Å². The third-order valence-electron chi connectivity index (χ3n) is 0.854. The standard InChI is InChI=1S/C5H11.Li.Zn.H/c1-3-5-4-2;;;/h1,3-5H2,2H3;;;. The molecular formula is C5H12LiZn. The Morgan fingerprint density at radius 1 is 1.29 bits per heavy atom. The molecule has 35 valence electrons. The summed E-state index contributed by atoms with van der Waals surface area (Å²) in [6.07, 6.45) is 4.29. The number of hydrogen-bond donors (Lipinski definition) is 0. The van der Waals surface area contributed by atoms with E-state index >= 15 is 0 Å². The zero-order chi connectivity index (χ0) is 4.83. The van der Waals surface area contributed by atoms with E-state index in [-0.39, 0.29) is 18.9 Å². The molecule has 0 radical (unpaired) electrons. The second-order valence-corrected chi connectivity index (χ2v) is 3.04. The summed E-state index contributed by atoms with van der Waals surface area (Å²) in [6, 6.07) is 0. The van der Waals surface area contributed by atoms with Gasteiger partial charge in [0.25, 0.3) is 0 Å². The summed E-state index contributed by atoms with van der Waals surface area (Å²) in [5, 5.41) is 1.48. The second-order valence-electron chi connectivity index (χ2n) is 1.56. The normalized spacial score (nSPS) is 7.86. The maximum atomic E-state index is 2.25. The van der Waals surface area contributed by atoms with Crippen LogP contribution in [0, 0.1) is 0 Å². The van der Waals surface area contributed by atoms with Crippen molar-refractivity contribution in [2.45, 2.75) is 31.2 Å². The molecular weight excluding hydrogens is 132 g/mol. The van der Waals surface area contributed by atoms with Gasteiger partial charge in [-0.25, -0.2) is 0 Å². The first-order valence-electron chi connectivity index (χ1n) is 2.71. The molecule has 0 aliphatic heterocycles. The summed E-state index contributed by atoms with van der Waals surface area (Å²) in [6.45, 7) is 2.25. The predicted octanol–water partition coefficient (Wildman–Crippen LogP) is 1.49. The van der Waals surface area contributed by atoms with Gasteiger partial charge in [0, 0.05) is 0 Å². The van der Waals surface area contributed by atoms with Gasteiger partial charge < -0.3 is 0 Å². The quantitative estimate of drug-likeness (QED) is 0.416. The molecule has 2 heteroatoms. The van der Waals surface area contributed by atoms with E-state index in [1.807, 2.05) is 0 Å². The van der Waals surface area contributed by atoms with Gasteiger partial charge in [0.2, 0.25) is 0 Å². The van der Waals surface area contributed by atoms with E-state index in [0.29, 0.717) is 0 Å². The zero-order valence-electron chi connectivity index (χ0n) is 4.54. The molecule has 0 fully saturated rings. The van der Waals surface area contributed by atoms with Crippen LogP contribution in [-0.4, -0.2) is 18.9 Å². The Kier molecular flexibility index (Phi) is 16.2. The molecule has 0 saturated carbocycles. The Morgan fingerprint density at radius 3 is 2.00 bits per heavy atom. The summed E-state index contributed by atoms with van der Waals surface area (Å²) in [5.41, 5.74) is 0. The van der Waals surface area contributed by atoms with Gasteiger partial charge in [0.15, 0.2) is 0 Å². The van der Waals surface area contributed by atoms with Crippen molar-refractivity contribution < 1.29 is 18.3 Å². The fraction of sp³-hybridized carbons (Fsp3) is 1.00. The molecule has 0 aliphatic rings. The Labute approximate surface area is 68.3 Å². The molecule has 0 aliphatic carbocycles. The van der Waals surface area contributed by atoms with Gasteiger partial charge in [-0.1, -0.05) is 0 Å². The SMILES string of the molecule is CCCC[CH2][Zn].[LiH]. The molecule has 0 aromatic heterocycles. The van der Waals surface area contributed by atoms with Crippen LogP contribution in [-0.2, 0) is 18.3 Å². The topological polar surface area (TPSA) is 0 Å². The Hall–Kier alpha value is 1.22. The van der Waals surface area contributed by atoms with E-state index < -0.39 is 0 Å². The van der Waals surface area contributed by atoms with Crippen LogP contribution in [0.25, 0.3) is 0 Å². The average molecular weight is 144 g/mol. The maximum absolute atomic E-state index is 2.25. The summed E-state index contributed by atoms with van der Waals surface area (Å²) < 4.78 is 0. The van der Waals surface area contributed by atoms with Crippen molar-refractivity contribution in [2.24, 2.45) is 0 Å². The third-order valence-corrected chi connectivity index (χ3v) is 1.90. The van der Waals surface area contributed by atoms with Crippen molar-refractivity contribution in [1.29, 1.82) is 0 Å². The number of rotatable bonds is 3. The molecule has 0 atom stereocenters. The fourth-order valence-corrected chi connectivity index (χ4v) is 1.17. The zero-order valence-corrected chi connectivity index (χ0v) is 7.50. The van der Waals surface area contributed by atoms with Gasteiger partial charge in [-0.15, -0.1) is 0 Å². The van der Waals surface area contributed by atoms with Crippen LogP contribution in [0.2, 0.25) is 5.02 Å². The Bertz CT molecular complexity index is 20.0. The Balaban J connectivity index is 0. The summed E-state index contributed by atoms with van der Waals surface area (Å²) in [5.74, 6) is 0. The average Bonchev–Trinajstić information content (AvgIpc) is 1.61. The predicted molar refractivity (Wildman–Crippen MR) is 31.5 cm³/mol. The molecule has 7 heavy (non-hydrogen) atoms. The summed E-state index contributed by atoms with van der Waals surface area (Å²) in [7, 11) is 0. The van der Waals surface area contributed by atoms with Gasteiger partial charge in [-0.05, 0) is 0 Å². The van der Waals surface area contributed by atoms with E-state index in [0.717, 1.165) is 0 Å². The number of hydrogen-bond acceptors (Lipinski definition) is 0. The van der Waals surface area contributed by atoms with Crippen molar-refractivity contribution in [3.8, 4) is 0 Å². The van der Waals surface area contributed by atoms with Gasteiger partial charge in [-0.2, -0.15) is 0 Å². The molecule has 0 spiro atoms. The monoisotopic (exact) mass is 143 g/mol. The van der Waals surface area contributed by atoms with Crippen LogP contribution in [0.4, 0.5) is 0 Å². The first kappa shape index (κ1) is 11.1. The van der Waals surface area contributed by atoms with Crippen LogP contribution < -0.4 is 0 Å².